The van der Waals surface area contributed by atoms with Crippen LogP contribution in [0.2, 0.25) is 0 Å². The summed E-state index contributed by atoms with van der Waals surface area (Å²) in [5.41, 5.74) is 1.75. The van der Waals surface area contributed by atoms with Gasteiger partial charge in [0.1, 0.15) is 0 Å². The third-order valence-electron chi connectivity index (χ3n) is 2.95. The number of Topliss-reactive ketones (excluding diaryl/α,β-unsaturated/α-hetero) is 1. The largest absolute Gasteiger partial charge is 0.303 e. The van der Waals surface area contributed by atoms with E-state index in [1.54, 1.807) is 22.6 Å². The van der Waals surface area contributed by atoms with Crippen LogP contribution in [0.5, 0.6) is 0 Å². The van der Waals surface area contributed by atoms with Crippen LogP contribution < -0.4 is 0 Å². The van der Waals surface area contributed by atoms with Crippen LogP contribution in [0.1, 0.15) is 24.1 Å². The SMILES string of the molecule is CN(C)/N=C/C=C1\CCC/C(=C/c2cc(Br)cs2)C1=O. The maximum atomic E-state index is 12.4. The molecule has 3 nitrogen and oxygen atoms in total. The fraction of sp³-hybridized carbons (Fsp3) is 0.333. The first-order chi connectivity index (χ1) is 9.56. The average molecular weight is 353 g/mol. The zero-order valence-electron chi connectivity index (χ0n) is 11.6. The van der Waals surface area contributed by atoms with Crippen LogP contribution in [0, 0.1) is 0 Å². The Morgan fingerprint density at radius 1 is 1.35 bits per heavy atom. The van der Waals surface area contributed by atoms with Crippen LogP contribution in [0.15, 0.2) is 38.2 Å². The summed E-state index contributed by atoms with van der Waals surface area (Å²) in [5, 5.41) is 7.86. The predicted octanol–water partition coefficient (Wildman–Crippen LogP) is 4.12. The highest BCUT2D eigenvalue weighted by Gasteiger charge is 2.20. The number of hydrogen-bond donors (Lipinski definition) is 0. The molecule has 0 aliphatic heterocycles. The van der Waals surface area contributed by atoms with E-state index in [0.29, 0.717) is 0 Å². The molecule has 0 N–H and O–H groups in total. The molecule has 1 aliphatic rings. The molecular formula is C15H17BrN2OS. The Hall–Kier alpha value is -1.20. The van der Waals surface area contributed by atoms with Crippen molar-refractivity contribution in [2.24, 2.45) is 5.10 Å². The van der Waals surface area contributed by atoms with Crippen molar-refractivity contribution in [1.29, 1.82) is 0 Å². The molecule has 0 spiro atoms. The fourth-order valence-electron chi connectivity index (χ4n) is 2.03. The number of carbonyl (C=O) groups is 1. The summed E-state index contributed by atoms with van der Waals surface area (Å²) in [6.45, 7) is 0. The smallest absolute Gasteiger partial charge is 0.185 e. The molecule has 20 heavy (non-hydrogen) atoms. The van der Waals surface area contributed by atoms with Crippen LogP contribution in [0.4, 0.5) is 0 Å². The van der Waals surface area contributed by atoms with Crippen molar-refractivity contribution in [3.05, 3.63) is 38.0 Å². The lowest BCUT2D eigenvalue weighted by molar-refractivity contribution is -0.112. The molecule has 0 atom stereocenters. The second-order valence-electron chi connectivity index (χ2n) is 4.82. The normalized spacial score (nSPS) is 20.2. The van der Waals surface area contributed by atoms with Gasteiger partial charge in [0.15, 0.2) is 5.78 Å². The van der Waals surface area contributed by atoms with Crippen molar-refractivity contribution in [2.75, 3.05) is 14.1 Å². The lowest BCUT2D eigenvalue weighted by Crippen LogP contribution is -2.12. The number of halogens is 1. The Morgan fingerprint density at radius 3 is 2.75 bits per heavy atom. The first-order valence-electron chi connectivity index (χ1n) is 6.46. The van der Waals surface area contributed by atoms with Gasteiger partial charge in [0, 0.05) is 46.2 Å². The Kier molecular flexibility index (Phi) is 5.31. The van der Waals surface area contributed by atoms with Crippen molar-refractivity contribution >= 4 is 45.3 Å². The number of rotatable bonds is 3. The van der Waals surface area contributed by atoms with Gasteiger partial charge in [0.05, 0.1) is 0 Å². The Morgan fingerprint density at radius 2 is 2.10 bits per heavy atom. The quantitative estimate of drug-likeness (QED) is 0.465. The topological polar surface area (TPSA) is 32.7 Å². The zero-order valence-corrected chi connectivity index (χ0v) is 14.0. The fourth-order valence-corrected chi connectivity index (χ4v) is 3.43. The van der Waals surface area contributed by atoms with Crippen LogP contribution in [-0.2, 0) is 4.79 Å². The van der Waals surface area contributed by atoms with Gasteiger partial charge in [-0.25, -0.2) is 0 Å². The van der Waals surface area contributed by atoms with E-state index in [9.17, 15) is 4.79 Å². The molecule has 106 valence electrons. The van der Waals surface area contributed by atoms with Gasteiger partial charge in [0.2, 0.25) is 0 Å². The lowest BCUT2D eigenvalue weighted by Gasteiger charge is -2.15. The van der Waals surface area contributed by atoms with Gasteiger partial charge in [-0.2, -0.15) is 5.10 Å². The highest BCUT2D eigenvalue weighted by atomic mass is 79.9. The minimum atomic E-state index is 0.158. The first kappa shape index (κ1) is 15.2. The third kappa shape index (κ3) is 4.15. The molecule has 1 aliphatic carbocycles. The second kappa shape index (κ2) is 6.99. The van der Waals surface area contributed by atoms with E-state index < -0.39 is 0 Å². The van der Waals surface area contributed by atoms with Gasteiger partial charge in [-0.1, -0.05) is 0 Å². The summed E-state index contributed by atoms with van der Waals surface area (Å²) < 4.78 is 1.06. The molecule has 0 amide bonds. The van der Waals surface area contributed by atoms with E-state index in [-0.39, 0.29) is 5.78 Å². The van der Waals surface area contributed by atoms with Crippen molar-refractivity contribution in [3.8, 4) is 0 Å². The molecule has 0 saturated heterocycles. The number of thiophene rings is 1. The number of hydrogen-bond acceptors (Lipinski definition) is 4. The highest BCUT2D eigenvalue weighted by Crippen LogP contribution is 2.28. The summed E-state index contributed by atoms with van der Waals surface area (Å²) in [6.07, 6.45) is 8.25. The number of allylic oxidation sites excluding steroid dienone is 3. The van der Waals surface area contributed by atoms with Crippen LogP contribution in [0.25, 0.3) is 6.08 Å². The Labute approximate surface area is 131 Å². The number of carbonyl (C=O) groups excluding carboxylic acids is 1. The van der Waals surface area contributed by atoms with E-state index in [0.717, 1.165) is 39.8 Å². The van der Waals surface area contributed by atoms with E-state index in [1.807, 2.05) is 37.7 Å². The van der Waals surface area contributed by atoms with Gasteiger partial charge < -0.3 is 5.01 Å². The highest BCUT2D eigenvalue weighted by molar-refractivity contribution is 9.10. The van der Waals surface area contributed by atoms with Crippen molar-refractivity contribution in [3.63, 3.8) is 0 Å². The van der Waals surface area contributed by atoms with E-state index in [4.69, 9.17) is 0 Å². The molecule has 1 heterocycles. The average Bonchev–Trinajstić information content (AvgIpc) is 2.79. The number of nitrogens with zero attached hydrogens (tertiary/aromatic N) is 2. The van der Waals surface area contributed by atoms with Crippen LogP contribution >= 0.6 is 27.3 Å². The molecule has 1 fully saturated rings. The summed E-state index contributed by atoms with van der Waals surface area (Å²) in [4.78, 5) is 13.5. The monoisotopic (exact) mass is 352 g/mol. The van der Waals surface area contributed by atoms with Crippen molar-refractivity contribution < 1.29 is 4.79 Å². The van der Waals surface area contributed by atoms with E-state index in [2.05, 4.69) is 21.0 Å². The molecule has 1 saturated carbocycles. The van der Waals surface area contributed by atoms with Gasteiger partial charge >= 0.3 is 0 Å². The maximum absolute atomic E-state index is 12.4. The van der Waals surface area contributed by atoms with E-state index in [1.165, 1.54) is 0 Å². The first-order valence-corrected chi connectivity index (χ1v) is 8.13. The predicted molar refractivity (Wildman–Crippen MR) is 89.1 cm³/mol. The second-order valence-corrected chi connectivity index (χ2v) is 6.68. The van der Waals surface area contributed by atoms with Crippen molar-refractivity contribution in [1.82, 2.24) is 5.01 Å². The molecule has 0 radical (unpaired) electrons. The summed E-state index contributed by atoms with van der Waals surface area (Å²) in [6, 6.07) is 2.04. The Bertz CT molecular complexity index is 584. The van der Waals surface area contributed by atoms with Crippen molar-refractivity contribution in [2.45, 2.75) is 19.3 Å². The molecule has 1 aromatic rings. The van der Waals surface area contributed by atoms with Gasteiger partial charge in [0.25, 0.3) is 0 Å². The summed E-state index contributed by atoms with van der Waals surface area (Å²) >= 11 is 5.07. The van der Waals surface area contributed by atoms with Gasteiger partial charge in [-0.05, 0) is 53.4 Å². The molecule has 0 aromatic carbocycles. The van der Waals surface area contributed by atoms with E-state index >= 15 is 0 Å². The summed E-state index contributed by atoms with van der Waals surface area (Å²) in [7, 11) is 3.72. The number of ketones is 1. The van der Waals surface area contributed by atoms with Crippen LogP contribution in [-0.4, -0.2) is 31.1 Å². The maximum Gasteiger partial charge on any atom is 0.185 e. The minimum Gasteiger partial charge on any atom is -0.303 e. The van der Waals surface area contributed by atoms with Crippen LogP contribution in [0.3, 0.4) is 0 Å². The Balaban J connectivity index is 2.16. The molecule has 1 aromatic heterocycles. The van der Waals surface area contributed by atoms with Gasteiger partial charge in [-0.15, -0.1) is 11.3 Å². The molecule has 0 bridgehead atoms. The molecular weight excluding hydrogens is 336 g/mol. The third-order valence-corrected chi connectivity index (χ3v) is 4.59. The standard InChI is InChI=1S/C15H17BrN2OS/c1-18(2)17-7-6-11-4-3-5-12(15(11)19)8-14-9-13(16)10-20-14/h6-10H,3-5H2,1-2H3/b11-6+,12-8-,17-7+. The molecule has 0 unspecified atom stereocenters. The zero-order chi connectivity index (χ0) is 14.5. The summed E-state index contributed by atoms with van der Waals surface area (Å²) in [5.74, 6) is 0.158. The molecule has 2 rings (SSSR count). The van der Waals surface area contributed by atoms with Gasteiger partial charge in [-0.3, -0.25) is 4.79 Å². The minimum absolute atomic E-state index is 0.158. The lowest BCUT2D eigenvalue weighted by atomic mass is 9.88. The molecule has 5 heteroatoms. The number of hydrazone groups is 1.